The molecule has 0 fully saturated rings. The van der Waals surface area contributed by atoms with Crippen molar-refractivity contribution in [2.45, 2.75) is 4.90 Å². The van der Waals surface area contributed by atoms with Gasteiger partial charge in [0.05, 0.1) is 28.5 Å². The number of fused-ring (bicyclic) bond motifs is 1. The van der Waals surface area contributed by atoms with Crippen LogP contribution < -0.4 is 5.32 Å². The Labute approximate surface area is 147 Å². The molecule has 0 aliphatic heterocycles. The number of rotatable bonds is 4. The predicted molar refractivity (Wildman–Crippen MR) is 97.1 cm³/mol. The lowest BCUT2D eigenvalue weighted by Crippen LogP contribution is -2.16. The quantitative estimate of drug-likeness (QED) is 0.563. The molecular weight excluding hydrogens is 344 g/mol. The third-order valence-corrected chi connectivity index (χ3v) is 5.10. The van der Waals surface area contributed by atoms with Crippen molar-refractivity contribution in [3.63, 3.8) is 0 Å². The Kier molecular flexibility index (Phi) is 4.82. The number of ether oxygens (including phenoxy) is 1. The average Bonchev–Trinajstić information content (AvgIpc) is 3.03. The maximum atomic E-state index is 12.5. The molecule has 0 saturated heterocycles. The summed E-state index contributed by atoms with van der Waals surface area (Å²) in [4.78, 5) is 29.9. The molecule has 0 bridgehead atoms. The Balaban J connectivity index is 1.92. The second-order valence-corrected chi connectivity index (χ2v) is 6.70. The number of methoxy groups -OCH3 is 1. The highest BCUT2D eigenvalue weighted by Gasteiger charge is 2.18. The fourth-order valence-corrected chi connectivity index (χ4v) is 3.79. The third kappa shape index (κ3) is 3.13. The van der Waals surface area contributed by atoms with Gasteiger partial charge in [-0.15, -0.1) is 11.8 Å². The molecule has 2 aromatic carbocycles. The topological polar surface area (TPSA) is 68.3 Å². The Hall–Kier alpha value is -2.38. The number of anilines is 1. The van der Waals surface area contributed by atoms with E-state index in [0.717, 1.165) is 15.1 Å². The van der Waals surface area contributed by atoms with Crippen molar-refractivity contribution in [3.05, 3.63) is 53.6 Å². The summed E-state index contributed by atoms with van der Waals surface area (Å²) >= 11 is 3.00. The molecule has 3 rings (SSSR count). The molecule has 1 heterocycles. The monoisotopic (exact) mass is 358 g/mol. The summed E-state index contributed by atoms with van der Waals surface area (Å²) in [5.74, 6) is -0.935. The van der Waals surface area contributed by atoms with E-state index in [2.05, 4.69) is 10.3 Å². The SMILES string of the molecule is COC(=O)c1ccccc1C(=O)Nc1nc2c(SC)cccc2s1. The fraction of sp³-hybridized carbons (Fsp3) is 0.118. The largest absolute Gasteiger partial charge is 0.465 e. The van der Waals surface area contributed by atoms with Gasteiger partial charge in [0.2, 0.25) is 0 Å². The standard InChI is InChI=1S/C17H14N2O3S2/c1-22-16(21)11-7-4-3-6-10(11)15(20)19-17-18-14-12(23-2)8-5-9-13(14)24-17/h3-9H,1-2H3,(H,18,19,20). The van der Waals surface area contributed by atoms with Gasteiger partial charge in [-0.1, -0.05) is 29.5 Å². The number of para-hydroxylation sites is 1. The highest BCUT2D eigenvalue weighted by molar-refractivity contribution is 7.98. The molecule has 1 aromatic heterocycles. The van der Waals surface area contributed by atoms with Gasteiger partial charge in [-0.2, -0.15) is 0 Å². The highest BCUT2D eigenvalue weighted by atomic mass is 32.2. The van der Waals surface area contributed by atoms with Gasteiger partial charge in [-0.25, -0.2) is 9.78 Å². The molecule has 7 heteroatoms. The Morgan fingerprint density at radius 2 is 1.88 bits per heavy atom. The number of carbonyl (C=O) groups is 2. The van der Waals surface area contributed by atoms with Crippen molar-refractivity contribution in [1.29, 1.82) is 0 Å². The summed E-state index contributed by atoms with van der Waals surface area (Å²) in [6.07, 6.45) is 1.99. The van der Waals surface area contributed by atoms with Crippen molar-refractivity contribution in [1.82, 2.24) is 4.98 Å². The van der Waals surface area contributed by atoms with E-state index in [1.807, 2.05) is 24.5 Å². The number of aromatic nitrogens is 1. The number of thiazole rings is 1. The first-order chi connectivity index (χ1) is 11.6. The maximum Gasteiger partial charge on any atom is 0.338 e. The van der Waals surface area contributed by atoms with Crippen molar-refractivity contribution in [3.8, 4) is 0 Å². The van der Waals surface area contributed by atoms with Gasteiger partial charge in [0.15, 0.2) is 5.13 Å². The normalized spacial score (nSPS) is 10.6. The van der Waals surface area contributed by atoms with E-state index in [9.17, 15) is 9.59 Å². The average molecular weight is 358 g/mol. The predicted octanol–water partition coefficient (Wildman–Crippen LogP) is 4.06. The third-order valence-electron chi connectivity index (χ3n) is 3.40. The molecule has 0 atom stereocenters. The molecule has 0 unspecified atom stereocenters. The number of hydrogen-bond acceptors (Lipinski definition) is 6. The number of benzene rings is 2. The summed E-state index contributed by atoms with van der Waals surface area (Å²) in [6.45, 7) is 0. The van der Waals surface area contributed by atoms with Crippen molar-refractivity contribution in [2.75, 3.05) is 18.7 Å². The molecule has 1 N–H and O–H groups in total. The van der Waals surface area contributed by atoms with Crippen LogP contribution in [0.5, 0.6) is 0 Å². The van der Waals surface area contributed by atoms with Crippen LogP contribution in [0.2, 0.25) is 0 Å². The van der Waals surface area contributed by atoms with Crippen LogP contribution in [0.25, 0.3) is 10.2 Å². The molecule has 122 valence electrons. The zero-order valence-corrected chi connectivity index (χ0v) is 14.7. The molecule has 0 aliphatic carbocycles. The van der Waals surface area contributed by atoms with Gasteiger partial charge < -0.3 is 4.74 Å². The second kappa shape index (κ2) is 7.02. The first-order valence-electron chi connectivity index (χ1n) is 7.06. The molecular formula is C17H14N2O3S2. The molecule has 1 amide bonds. The number of carbonyl (C=O) groups excluding carboxylic acids is 2. The summed E-state index contributed by atoms with van der Waals surface area (Å²) in [5.41, 5.74) is 1.35. The lowest BCUT2D eigenvalue weighted by atomic mass is 10.1. The minimum atomic E-state index is -0.547. The summed E-state index contributed by atoms with van der Waals surface area (Å²) < 4.78 is 5.72. The number of nitrogens with one attached hydrogen (secondary N) is 1. The van der Waals surface area contributed by atoms with E-state index in [4.69, 9.17) is 4.74 Å². The van der Waals surface area contributed by atoms with E-state index < -0.39 is 5.97 Å². The maximum absolute atomic E-state index is 12.5. The van der Waals surface area contributed by atoms with Crippen LogP contribution in [0.15, 0.2) is 47.4 Å². The molecule has 3 aromatic rings. The minimum Gasteiger partial charge on any atom is -0.465 e. The fourth-order valence-electron chi connectivity index (χ4n) is 2.27. The van der Waals surface area contributed by atoms with Gasteiger partial charge in [-0.05, 0) is 30.5 Å². The zero-order chi connectivity index (χ0) is 17.1. The Morgan fingerprint density at radius 1 is 1.12 bits per heavy atom. The van der Waals surface area contributed by atoms with Crippen LogP contribution in [0.3, 0.4) is 0 Å². The lowest BCUT2D eigenvalue weighted by Gasteiger charge is -2.06. The van der Waals surface area contributed by atoms with E-state index >= 15 is 0 Å². The summed E-state index contributed by atoms with van der Waals surface area (Å²) in [7, 11) is 1.29. The molecule has 5 nitrogen and oxygen atoms in total. The molecule has 0 spiro atoms. The van der Waals surface area contributed by atoms with Crippen LogP contribution in [0.4, 0.5) is 5.13 Å². The van der Waals surface area contributed by atoms with Crippen LogP contribution in [0.1, 0.15) is 20.7 Å². The Morgan fingerprint density at radius 3 is 2.58 bits per heavy atom. The Bertz CT molecular complexity index is 921. The minimum absolute atomic E-state index is 0.225. The van der Waals surface area contributed by atoms with Crippen molar-refractivity contribution in [2.24, 2.45) is 0 Å². The summed E-state index contributed by atoms with van der Waals surface area (Å²) in [6, 6.07) is 12.4. The number of esters is 1. The van der Waals surface area contributed by atoms with E-state index in [-0.39, 0.29) is 17.0 Å². The number of hydrogen-bond donors (Lipinski definition) is 1. The number of nitrogens with zero attached hydrogens (tertiary/aromatic N) is 1. The van der Waals surface area contributed by atoms with E-state index in [1.54, 1.807) is 36.0 Å². The second-order valence-electron chi connectivity index (χ2n) is 4.82. The summed E-state index contributed by atoms with van der Waals surface area (Å²) in [5, 5.41) is 3.27. The molecule has 0 aliphatic rings. The van der Waals surface area contributed by atoms with E-state index in [1.165, 1.54) is 18.4 Å². The first-order valence-corrected chi connectivity index (χ1v) is 9.10. The first kappa shape index (κ1) is 16.5. The van der Waals surface area contributed by atoms with Crippen molar-refractivity contribution >= 4 is 50.3 Å². The zero-order valence-electron chi connectivity index (χ0n) is 13.0. The van der Waals surface area contributed by atoms with Crippen LogP contribution in [-0.4, -0.2) is 30.2 Å². The molecule has 24 heavy (non-hydrogen) atoms. The van der Waals surface area contributed by atoms with Gasteiger partial charge in [-0.3, -0.25) is 10.1 Å². The highest BCUT2D eigenvalue weighted by Crippen LogP contribution is 2.32. The molecule has 0 saturated carbocycles. The van der Waals surface area contributed by atoms with Gasteiger partial charge in [0.25, 0.3) is 5.91 Å². The van der Waals surface area contributed by atoms with Gasteiger partial charge in [0, 0.05) is 4.90 Å². The lowest BCUT2D eigenvalue weighted by molar-refractivity contribution is 0.0597. The number of thioether (sulfide) groups is 1. The van der Waals surface area contributed by atoms with Crippen LogP contribution in [-0.2, 0) is 4.74 Å². The smallest absolute Gasteiger partial charge is 0.338 e. The molecule has 0 radical (unpaired) electrons. The van der Waals surface area contributed by atoms with Crippen molar-refractivity contribution < 1.29 is 14.3 Å². The number of amides is 1. The van der Waals surface area contributed by atoms with E-state index in [0.29, 0.717) is 5.13 Å². The van der Waals surface area contributed by atoms with Crippen LogP contribution >= 0.6 is 23.1 Å². The van der Waals surface area contributed by atoms with Gasteiger partial charge in [0.1, 0.15) is 0 Å². The van der Waals surface area contributed by atoms with Crippen LogP contribution in [0, 0.1) is 0 Å². The van der Waals surface area contributed by atoms with Gasteiger partial charge >= 0.3 is 5.97 Å².